The van der Waals surface area contributed by atoms with Gasteiger partial charge in [-0.15, -0.1) is 0 Å². The second-order valence-corrected chi connectivity index (χ2v) is 4.73. The summed E-state index contributed by atoms with van der Waals surface area (Å²) in [5, 5.41) is 8.72. The highest BCUT2D eigenvalue weighted by Gasteiger charge is 2.20. The van der Waals surface area contributed by atoms with Gasteiger partial charge in [-0.3, -0.25) is 0 Å². The summed E-state index contributed by atoms with van der Waals surface area (Å²) in [5.41, 5.74) is 6.71. The maximum atomic E-state index is 8.72. The van der Waals surface area contributed by atoms with Crippen LogP contribution < -0.4 is 10.5 Å². The first kappa shape index (κ1) is 11.7. The SMILES string of the molecule is CC1CCC(Oc2ncc(C#N)cc2N)CC1. The number of nitriles is 1. The number of hydrogen-bond donors (Lipinski definition) is 1. The second-order valence-electron chi connectivity index (χ2n) is 4.73. The van der Waals surface area contributed by atoms with Gasteiger partial charge in [-0.1, -0.05) is 6.92 Å². The fourth-order valence-electron chi connectivity index (χ4n) is 2.13. The van der Waals surface area contributed by atoms with E-state index in [0.717, 1.165) is 18.8 Å². The van der Waals surface area contributed by atoms with Crippen LogP contribution >= 0.6 is 0 Å². The molecule has 2 N–H and O–H groups in total. The molecule has 90 valence electrons. The van der Waals surface area contributed by atoms with Gasteiger partial charge < -0.3 is 10.5 Å². The number of nitrogen functional groups attached to an aromatic ring is 1. The highest BCUT2D eigenvalue weighted by atomic mass is 16.5. The Labute approximate surface area is 101 Å². The number of ether oxygens (including phenoxy) is 1. The second kappa shape index (κ2) is 5.05. The molecular formula is C13H17N3O. The lowest BCUT2D eigenvalue weighted by molar-refractivity contribution is 0.131. The van der Waals surface area contributed by atoms with Crippen molar-refractivity contribution in [2.45, 2.75) is 38.7 Å². The fourth-order valence-corrected chi connectivity index (χ4v) is 2.13. The summed E-state index contributed by atoms with van der Waals surface area (Å²) >= 11 is 0. The summed E-state index contributed by atoms with van der Waals surface area (Å²) in [6.45, 7) is 2.27. The Kier molecular flexibility index (Phi) is 3.48. The van der Waals surface area contributed by atoms with Gasteiger partial charge in [0.05, 0.1) is 11.3 Å². The van der Waals surface area contributed by atoms with Crippen LogP contribution in [0.1, 0.15) is 38.2 Å². The molecule has 2 rings (SSSR count). The van der Waals surface area contributed by atoms with Crippen molar-refractivity contribution in [3.8, 4) is 11.9 Å². The topological polar surface area (TPSA) is 71.9 Å². The Morgan fingerprint density at radius 1 is 1.41 bits per heavy atom. The van der Waals surface area contributed by atoms with Crippen molar-refractivity contribution in [2.24, 2.45) is 5.92 Å². The van der Waals surface area contributed by atoms with E-state index in [9.17, 15) is 0 Å². The zero-order valence-electron chi connectivity index (χ0n) is 10.0. The summed E-state index contributed by atoms with van der Waals surface area (Å²) in [6, 6.07) is 3.61. The highest BCUT2D eigenvalue weighted by molar-refractivity contribution is 5.52. The van der Waals surface area contributed by atoms with Gasteiger partial charge in [-0.2, -0.15) is 5.26 Å². The van der Waals surface area contributed by atoms with Gasteiger partial charge in [-0.05, 0) is 37.7 Å². The zero-order chi connectivity index (χ0) is 12.3. The molecule has 0 bridgehead atoms. The lowest BCUT2D eigenvalue weighted by Gasteiger charge is -2.26. The average Bonchev–Trinajstić information content (AvgIpc) is 2.34. The summed E-state index contributed by atoms with van der Waals surface area (Å²) in [6.07, 6.45) is 6.22. The summed E-state index contributed by atoms with van der Waals surface area (Å²) in [5.74, 6) is 1.25. The highest BCUT2D eigenvalue weighted by Crippen LogP contribution is 2.28. The van der Waals surface area contributed by atoms with Gasteiger partial charge in [0.15, 0.2) is 0 Å². The summed E-state index contributed by atoms with van der Waals surface area (Å²) < 4.78 is 5.79. The molecule has 0 radical (unpaired) electrons. The average molecular weight is 231 g/mol. The molecule has 0 unspecified atom stereocenters. The van der Waals surface area contributed by atoms with Crippen LogP contribution in [0.5, 0.6) is 5.88 Å². The molecule has 1 heterocycles. The number of aromatic nitrogens is 1. The van der Waals surface area contributed by atoms with E-state index in [-0.39, 0.29) is 6.10 Å². The normalized spacial score (nSPS) is 24.0. The van der Waals surface area contributed by atoms with Gasteiger partial charge in [-0.25, -0.2) is 4.98 Å². The van der Waals surface area contributed by atoms with Crippen LogP contribution in [0.3, 0.4) is 0 Å². The smallest absolute Gasteiger partial charge is 0.237 e. The van der Waals surface area contributed by atoms with Crippen molar-refractivity contribution in [1.29, 1.82) is 5.26 Å². The molecule has 1 fully saturated rings. The molecule has 1 aliphatic carbocycles. The molecule has 4 nitrogen and oxygen atoms in total. The molecule has 17 heavy (non-hydrogen) atoms. The lowest BCUT2D eigenvalue weighted by Crippen LogP contribution is -2.23. The van der Waals surface area contributed by atoms with Crippen LogP contribution in [-0.2, 0) is 0 Å². The number of nitrogens with two attached hydrogens (primary N) is 1. The van der Waals surface area contributed by atoms with E-state index >= 15 is 0 Å². The number of nitrogens with zero attached hydrogens (tertiary/aromatic N) is 2. The quantitative estimate of drug-likeness (QED) is 0.848. The Morgan fingerprint density at radius 3 is 2.71 bits per heavy atom. The molecule has 1 saturated carbocycles. The molecule has 0 atom stereocenters. The van der Waals surface area contributed by atoms with Gasteiger partial charge in [0.1, 0.15) is 12.2 Å². The zero-order valence-corrected chi connectivity index (χ0v) is 10.0. The maximum Gasteiger partial charge on any atom is 0.237 e. The molecule has 4 heteroatoms. The van der Waals surface area contributed by atoms with Crippen LogP contribution in [0.15, 0.2) is 12.3 Å². The standard InChI is InChI=1S/C13H17N3O/c1-9-2-4-11(5-3-9)17-13-12(15)6-10(7-14)8-16-13/h6,8-9,11H,2-5,15H2,1H3. The van der Waals surface area contributed by atoms with E-state index in [1.54, 1.807) is 6.07 Å². The van der Waals surface area contributed by atoms with Crippen molar-refractivity contribution in [3.05, 3.63) is 17.8 Å². The van der Waals surface area contributed by atoms with Gasteiger partial charge in [0.2, 0.25) is 5.88 Å². The molecule has 0 aliphatic heterocycles. The van der Waals surface area contributed by atoms with Crippen LogP contribution in [0, 0.1) is 17.2 Å². The van der Waals surface area contributed by atoms with Crippen molar-refractivity contribution in [2.75, 3.05) is 5.73 Å². The predicted molar refractivity (Wildman–Crippen MR) is 65.4 cm³/mol. The molecule has 0 spiro atoms. The Balaban J connectivity index is 2.02. The maximum absolute atomic E-state index is 8.72. The molecule has 0 aromatic carbocycles. The molecule has 1 aliphatic rings. The summed E-state index contributed by atoms with van der Waals surface area (Å²) in [4.78, 5) is 4.09. The first-order valence-corrected chi connectivity index (χ1v) is 6.01. The van der Waals surface area contributed by atoms with Crippen molar-refractivity contribution in [1.82, 2.24) is 4.98 Å². The third-order valence-corrected chi connectivity index (χ3v) is 3.25. The molecule has 0 saturated heterocycles. The first-order valence-electron chi connectivity index (χ1n) is 6.01. The van der Waals surface area contributed by atoms with Gasteiger partial charge in [0, 0.05) is 6.20 Å². The Morgan fingerprint density at radius 2 is 2.12 bits per heavy atom. The molecule has 1 aromatic heterocycles. The van der Waals surface area contributed by atoms with Crippen LogP contribution in [0.2, 0.25) is 0 Å². The third-order valence-electron chi connectivity index (χ3n) is 3.25. The first-order chi connectivity index (χ1) is 8.19. The van der Waals surface area contributed by atoms with Gasteiger partial charge in [0.25, 0.3) is 0 Å². The molecular weight excluding hydrogens is 214 g/mol. The minimum atomic E-state index is 0.217. The minimum Gasteiger partial charge on any atom is -0.473 e. The Hall–Kier alpha value is -1.76. The molecule has 0 amide bonds. The number of rotatable bonds is 2. The van der Waals surface area contributed by atoms with E-state index in [0.29, 0.717) is 17.1 Å². The van der Waals surface area contributed by atoms with E-state index in [2.05, 4.69) is 11.9 Å². The fraction of sp³-hybridized carbons (Fsp3) is 0.538. The largest absolute Gasteiger partial charge is 0.473 e. The molecule has 1 aromatic rings. The van der Waals surface area contributed by atoms with Crippen LogP contribution in [-0.4, -0.2) is 11.1 Å². The lowest BCUT2D eigenvalue weighted by atomic mass is 9.89. The number of pyridine rings is 1. The minimum absolute atomic E-state index is 0.217. The van der Waals surface area contributed by atoms with E-state index in [1.807, 2.05) is 6.07 Å². The predicted octanol–water partition coefficient (Wildman–Crippen LogP) is 2.49. The van der Waals surface area contributed by atoms with E-state index in [1.165, 1.54) is 19.0 Å². The van der Waals surface area contributed by atoms with Gasteiger partial charge >= 0.3 is 0 Å². The van der Waals surface area contributed by atoms with E-state index < -0.39 is 0 Å². The van der Waals surface area contributed by atoms with Crippen molar-refractivity contribution in [3.63, 3.8) is 0 Å². The number of hydrogen-bond acceptors (Lipinski definition) is 4. The van der Waals surface area contributed by atoms with Crippen molar-refractivity contribution >= 4 is 5.69 Å². The summed E-state index contributed by atoms with van der Waals surface area (Å²) in [7, 11) is 0. The van der Waals surface area contributed by atoms with Crippen molar-refractivity contribution < 1.29 is 4.74 Å². The monoisotopic (exact) mass is 231 g/mol. The number of anilines is 1. The Bertz CT molecular complexity index is 431. The van der Waals surface area contributed by atoms with Crippen LogP contribution in [0.25, 0.3) is 0 Å². The third kappa shape index (κ3) is 2.88. The van der Waals surface area contributed by atoms with Crippen LogP contribution in [0.4, 0.5) is 5.69 Å². The van der Waals surface area contributed by atoms with E-state index in [4.69, 9.17) is 15.7 Å².